The highest BCUT2D eigenvalue weighted by Gasteiger charge is 2.22. The molecule has 0 spiro atoms. The number of aromatic nitrogens is 2. The van der Waals surface area contributed by atoms with Crippen LogP contribution in [0.15, 0.2) is 73.4 Å². The normalized spacial score (nSPS) is 12.0. The fourth-order valence-corrected chi connectivity index (χ4v) is 4.71. The molecule has 4 aromatic rings. The molecule has 0 radical (unpaired) electrons. The zero-order valence-corrected chi connectivity index (χ0v) is 25.2. The van der Waals surface area contributed by atoms with Crippen LogP contribution >= 0.6 is 43.5 Å². The molecule has 0 aliphatic heterocycles. The van der Waals surface area contributed by atoms with Crippen molar-refractivity contribution in [3.63, 3.8) is 0 Å². The lowest BCUT2D eigenvalue weighted by molar-refractivity contribution is -0.385. The molecule has 1 heterocycles. The van der Waals surface area contributed by atoms with Gasteiger partial charge in [-0.05, 0) is 55.0 Å². The highest BCUT2D eigenvalue weighted by atomic mass is 79.9. The van der Waals surface area contributed by atoms with Crippen molar-refractivity contribution in [3.05, 3.63) is 100 Å². The van der Waals surface area contributed by atoms with Crippen molar-refractivity contribution in [2.45, 2.75) is 26.2 Å². The SMILES string of the molecule is CC[C@H](C)c1nc2ccc(Br)cc2c(=O)n1N=Cc1cc(Br)cc([N+](=O)[O-])c1OCC(=O)Nc1ccc(Cl)cc1. The summed E-state index contributed by atoms with van der Waals surface area (Å²) in [6.07, 6.45) is 1.98. The minimum atomic E-state index is -0.625. The van der Waals surface area contributed by atoms with E-state index < -0.39 is 23.0 Å². The average Bonchev–Trinajstić information content (AvgIpc) is 2.92. The Morgan fingerprint density at radius 3 is 2.60 bits per heavy atom. The number of nitrogens with zero attached hydrogens (tertiary/aromatic N) is 4. The number of hydrogen-bond acceptors (Lipinski definition) is 7. The van der Waals surface area contributed by atoms with Crippen LogP contribution in [0.3, 0.4) is 0 Å². The molecule has 1 aromatic heterocycles. The second-order valence-corrected chi connectivity index (χ2v) is 11.0. The van der Waals surface area contributed by atoms with Gasteiger partial charge in [0.15, 0.2) is 6.61 Å². The van der Waals surface area contributed by atoms with Gasteiger partial charge in [-0.25, -0.2) is 4.98 Å². The highest BCUT2D eigenvalue weighted by Crippen LogP contribution is 2.34. The molecule has 3 aromatic carbocycles. The summed E-state index contributed by atoms with van der Waals surface area (Å²) in [6, 6.07) is 14.5. The molecular formula is C27H22Br2ClN5O5. The van der Waals surface area contributed by atoms with Gasteiger partial charge in [0.1, 0.15) is 5.82 Å². The van der Waals surface area contributed by atoms with Crippen LogP contribution in [0.25, 0.3) is 10.9 Å². The first-order valence-corrected chi connectivity index (χ1v) is 14.0. The Balaban J connectivity index is 1.74. The molecule has 0 saturated heterocycles. The standard InChI is InChI=1S/C27H22Br2ClN5O5/c1-3-15(2)26-33-22-9-4-17(28)11-21(22)27(37)34(26)31-13-16-10-18(29)12-23(35(38)39)25(16)40-14-24(36)32-20-7-5-19(30)6-8-20/h4-13,15H,3,14H2,1-2H3,(H,32,36)/t15-/m0/s1. The zero-order chi connectivity index (χ0) is 29.0. The lowest BCUT2D eigenvalue weighted by Gasteiger charge is -2.14. The Hall–Kier alpha value is -3.61. The Labute approximate surface area is 250 Å². The first kappa shape index (κ1) is 29.4. The third-order valence-electron chi connectivity index (χ3n) is 5.93. The van der Waals surface area contributed by atoms with Gasteiger partial charge in [0.25, 0.3) is 11.5 Å². The van der Waals surface area contributed by atoms with E-state index in [2.05, 4.69) is 47.3 Å². The first-order valence-electron chi connectivity index (χ1n) is 12.0. The minimum absolute atomic E-state index is 0.109. The number of hydrogen-bond donors (Lipinski definition) is 1. The van der Waals surface area contributed by atoms with Gasteiger partial charge in [-0.2, -0.15) is 9.78 Å². The molecule has 0 aliphatic carbocycles. The summed E-state index contributed by atoms with van der Waals surface area (Å²) in [4.78, 5) is 41.9. The molecule has 1 atom stereocenters. The summed E-state index contributed by atoms with van der Waals surface area (Å²) in [5.41, 5.74) is 0.412. The van der Waals surface area contributed by atoms with Gasteiger partial charge < -0.3 is 10.1 Å². The molecule has 13 heteroatoms. The van der Waals surface area contributed by atoms with E-state index in [1.807, 2.05) is 13.8 Å². The van der Waals surface area contributed by atoms with E-state index in [-0.39, 0.29) is 22.9 Å². The molecule has 1 amide bonds. The minimum Gasteiger partial charge on any atom is -0.476 e. The number of nitrogens with one attached hydrogen (secondary N) is 1. The van der Waals surface area contributed by atoms with E-state index in [9.17, 15) is 19.7 Å². The summed E-state index contributed by atoms with van der Waals surface area (Å²) >= 11 is 12.5. The fourth-order valence-electron chi connectivity index (χ4n) is 3.76. The Morgan fingerprint density at radius 1 is 1.20 bits per heavy atom. The monoisotopic (exact) mass is 689 g/mol. The van der Waals surface area contributed by atoms with Crippen LogP contribution in [0, 0.1) is 10.1 Å². The summed E-state index contributed by atoms with van der Waals surface area (Å²) < 4.78 is 7.92. The quantitative estimate of drug-likeness (QED) is 0.116. The third-order valence-corrected chi connectivity index (χ3v) is 7.14. The molecule has 0 fully saturated rings. The lowest BCUT2D eigenvalue weighted by Crippen LogP contribution is -2.24. The maximum atomic E-state index is 13.5. The number of amides is 1. The van der Waals surface area contributed by atoms with Crippen LogP contribution in [0.4, 0.5) is 11.4 Å². The topological polar surface area (TPSA) is 129 Å². The zero-order valence-electron chi connectivity index (χ0n) is 21.2. The molecular weight excluding hydrogens is 670 g/mol. The Bertz CT molecular complexity index is 1690. The van der Waals surface area contributed by atoms with E-state index >= 15 is 0 Å². The number of rotatable bonds is 9. The van der Waals surface area contributed by atoms with Crippen LogP contribution in [0.5, 0.6) is 5.75 Å². The van der Waals surface area contributed by atoms with E-state index in [1.165, 1.54) is 17.0 Å². The molecule has 40 heavy (non-hydrogen) atoms. The Morgan fingerprint density at radius 2 is 1.93 bits per heavy atom. The molecule has 10 nitrogen and oxygen atoms in total. The number of halogens is 3. The van der Waals surface area contributed by atoms with Crippen molar-refractivity contribution in [1.82, 2.24) is 9.66 Å². The number of ether oxygens (including phenoxy) is 1. The summed E-state index contributed by atoms with van der Waals surface area (Å²) in [6.45, 7) is 3.38. The summed E-state index contributed by atoms with van der Waals surface area (Å²) in [5, 5.41) is 19.8. The number of benzene rings is 3. The average molecular weight is 692 g/mol. The van der Waals surface area contributed by atoms with Gasteiger partial charge in [-0.1, -0.05) is 57.3 Å². The number of carbonyl (C=O) groups excluding carboxylic acids is 1. The van der Waals surface area contributed by atoms with Gasteiger partial charge in [-0.3, -0.25) is 19.7 Å². The van der Waals surface area contributed by atoms with Crippen LogP contribution in [0.1, 0.15) is 37.6 Å². The summed E-state index contributed by atoms with van der Waals surface area (Å²) in [5.74, 6) is -0.394. The fraction of sp³-hybridized carbons (Fsp3) is 0.185. The number of fused-ring (bicyclic) bond motifs is 1. The van der Waals surface area contributed by atoms with Gasteiger partial charge in [0.2, 0.25) is 5.75 Å². The predicted octanol–water partition coefficient (Wildman–Crippen LogP) is 6.90. The second-order valence-electron chi connectivity index (χ2n) is 8.75. The second kappa shape index (κ2) is 12.7. The number of carbonyl (C=O) groups is 1. The smallest absolute Gasteiger partial charge is 0.312 e. The van der Waals surface area contributed by atoms with Crippen LogP contribution in [-0.2, 0) is 4.79 Å². The maximum Gasteiger partial charge on any atom is 0.312 e. The van der Waals surface area contributed by atoms with E-state index in [4.69, 9.17) is 16.3 Å². The van der Waals surface area contributed by atoms with Crippen LogP contribution in [-0.4, -0.2) is 33.3 Å². The van der Waals surface area contributed by atoms with Gasteiger partial charge in [-0.15, -0.1) is 0 Å². The largest absolute Gasteiger partial charge is 0.476 e. The van der Waals surface area contributed by atoms with E-state index in [1.54, 1.807) is 48.5 Å². The van der Waals surface area contributed by atoms with E-state index in [0.29, 0.717) is 42.8 Å². The Kier molecular flexibility index (Phi) is 9.33. The lowest BCUT2D eigenvalue weighted by atomic mass is 10.1. The predicted molar refractivity (Wildman–Crippen MR) is 162 cm³/mol. The van der Waals surface area contributed by atoms with Crippen molar-refractivity contribution in [3.8, 4) is 5.75 Å². The molecule has 0 saturated carbocycles. The van der Waals surface area contributed by atoms with Crippen molar-refractivity contribution in [1.29, 1.82) is 0 Å². The molecule has 0 unspecified atom stereocenters. The molecule has 0 aliphatic rings. The van der Waals surface area contributed by atoms with Crippen molar-refractivity contribution in [2.75, 3.05) is 11.9 Å². The molecule has 206 valence electrons. The third kappa shape index (κ3) is 6.75. The van der Waals surface area contributed by atoms with Gasteiger partial charge in [0, 0.05) is 37.2 Å². The maximum absolute atomic E-state index is 13.5. The summed E-state index contributed by atoms with van der Waals surface area (Å²) in [7, 11) is 0. The van der Waals surface area contributed by atoms with Crippen molar-refractivity contribution >= 4 is 77.9 Å². The molecule has 4 rings (SSSR count). The molecule has 1 N–H and O–H groups in total. The number of anilines is 1. The first-order chi connectivity index (χ1) is 19.1. The molecule has 0 bridgehead atoms. The number of nitro groups is 1. The van der Waals surface area contributed by atoms with Gasteiger partial charge in [0.05, 0.1) is 22.0 Å². The van der Waals surface area contributed by atoms with Crippen LogP contribution < -0.4 is 15.6 Å². The van der Waals surface area contributed by atoms with E-state index in [0.717, 1.165) is 0 Å². The van der Waals surface area contributed by atoms with Crippen LogP contribution in [0.2, 0.25) is 5.02 Å². The van der Waals surface area contributed by atoms with Crippen molar-refractivity contribution in [2.24, 2.45) is 5.10 Å². The highest BCUT2D eigenvalue weighted by molar-refractivity contribution is 9.10. The van der Waals surface area contributed by atoms with Crippen molar-refractivity contribution < 1.29 is 14.5 Å². The number of nitro benzene ring substituents is 1. The van der Waals surface area contributed by atoms with Gasteiger partial charge >= 0.3 is 5.69 Å².